The Morgan fingerprint density at radius 1 is 1.22 bits per heavy atom. The third kappa shape index (κ3) is 4.44. The topological polar surface area (TPSA) is 59.9 Å². The summed E-state index contributed by atoms with van der Waals surface area (Å²) in [4.78, 5) is 12.1. The molecule has 7 heteroatoms. The maximum absolute atomic E-state index is 12.1. The van der Waals surface area contributed by atoms with Crippen molar-refractivity contribution in [1.29, 1.82) is 0 Å². The van der Waals surface area contributed by atoms with Gasteiger partial charge in [0, 0.05) is 15.2 Å². The van der Waals surface area contributed by atoms with E-state index in [0.717, 1.165) is 8.04 Å². The number of carbonyl (C=O) groups is 1. The van der Waals surface area contributed by atoms with Crippen LogP contribution in [0.15, 0.2) is 46.0 Å². The van der Waals surface area contributed by atoms with Gasteiger partial charge >= 0.3 is 0 Å². The van der Waals surface area contributed by atoms with Gasteiger partial charge in [-0.25, -0.2) is 5.43 Å². The number of amides is 1. The van der Waals surface area contributed by atoms with Crippen LogP contribution in [0.2, 0.25) is 0 Å². The van der Waals surface area contributed by atoms with Gasteiger partial charge in [-0.3, -0.25) is 4.79 Å². The molecule has 0 aliphatic carbocycles. The molecular formula is C16H14BrIN2O3. The van der Waals surface area contributed by atoms with E-state index in [9.17, 15) is 4.79 Å². The van der Waals surface area contributed by atoms with Crippen LogP contribution in [0.4, 0.5) is 0 Å². The fraction of sp³-hybridized carbons (Fsp3) is 0.125. The molecule has 2 aromatic rings. The van der Waals surface area contributed by atoms with E-state index in [1.54, 1.807) is 32.4 Å². The van der Waals surface area contributed by atoms with Crippen molar-refractivity contribution in [2.24, 2.45) is 5.10 Å². The number of hydrazone groups is 1. The van der Waals surface area contributed by atoms with Crippen LogP contribution < -0.4 is 14.9 Å². The maximum atomic E-state index is 12.1. The molecule has 23 heavy (non-hydrogen) atoms. The van der Waals surface area contributed by atoms with Gasteiger partial charge in [-0.15, -0.1) is 0 Å². The fourth-order valence-electron chi connectivity index (χ4n) is 1.85. The minimum atomic E-state index is -0.266. The molecule has 5 nitrogen and oxygen atoms in total. The van der Waals surface area contributed by atoms with E-state index in [-0.39, 0.29) is 5.91 Å². The number of rotatable bonds is 5. The minimum Gasteiger partial charge on any atom is -0.496 e. The van der Waals surface area contributed by atoms with Crippen LogP contribution in [0, 0.1) is 3.57 Å². The Morgan fingerprint density at radius 2 is 1.91 bits per heavy atom. The SMILES string of the molecule is COc1cc(OC)c(/C=N\NC(=O)c2ccccc2I)cc1Br. The van der Waals surface area contributed by atoms with Gasteiger partial charge < -0.3 is 9.47 Å². The molecule has 120 valence electrons. The lowest BCUT2D eigenvalue weighted by Crippen LogP contribution is -2.18. The van der Waals surface area contributed by atoms with Crippen LogP contribution in [0.1, 0.15) is 15.9 Å². The summed E-state index contributed by atoms with van der Waals surface area (Å²) in [5, 5.41) is 3.99. The van der Waals surface area contributed by atoms with Crippen LogP contribution in [-0.4, -0.2) is 26.3 Å². The molecule has 0 spiro atoms. The van der Waals surface area contributed by atoms with E-state index < -0.39 is 0 Å². The van der Waals surface area contributed by atoms with E-state index in [4.69, 9.17) is 9.47 Å². The highest BCUT2D eigenvalue weighted by atomic mass is 127. The van der Waals surface area contributed by atoms with Gasteiger partial charge in [-0.05, 0) is 56.7 Å². The lowest BCUT2D eigenvalue weighted by Gasteiger charge is -2.09. The predicted octanol–water partition coefficient (Wildman–Crippen LogP) is 3.83. The van der Waals surface area contributed by atoms with Crippen molar-refractivity contribution >= 4 is 50.6 Å². The zero-order valence-corrected chi connectivity index (χ0v) is 16.2. The van der Waals surface area contributed by atoms with Crippen LogP contribution in [0.25, 0.3) is 0 Å². The van der Waals surface area contributed by atoms with Crippen LogP contribution >= 0.6 is 38.5 Å². The van der Waals surface area contributed by atoms with E-state index in [1.165, 1.54) is 6.21 Å². The molecule has 0 aromatic heterocycles. The Hall–Kier alpha value is -1.61. The molecule has 0 aliphatic heterocycles. The first-order valence-corrected chi connectivity index (χ1v) is 8.43. The van der Waals surface area contributed by atoms with Crippen molar-refractivity contribution in [2.75, 3.05) is 14.2 Å². The molecule has 0 heterocycles. The molecule has 0 fully saturated rings. The second-order valence-electron chi connectivity index (χ2n) is 4.41. The summed E-state index contributed by atoms with van der Waals surface area (Å²) in [5.74, 6) is 0.983. The average molecular weight is 489 g/mol. The summed E-state index contributed by atoms with van der Waals surface area (Å²) in [6, 6.07) is 10.8. The number of nitrogens with one attached hydrogen (secondary N) is 1. The molecule has 0 unspecified atom stereocenters. The number of nitrogens with zero attached hydrogens (tertiary/aromatic N) is 1. The number of halogens is 2. The van der Waals surface area contributed by atoms with E-state index >= 15 is 0 Å². The third-order valence-corrected chi connectivity index (χ3v) is 4.55. The zero-order valence-electron chi connectivity index (χ0n) is 12.5. The van der Waals surface area contributed by atoms with E-state index in [0.29, 0.717) is 22.6 Å². The molecular weight excluding hydrogens is 475 g/mol. The molecule has 1 N–H and O–H groups in total. The van der Waals surface area contributed by atoms with Gasteiger partial charge in [0.2, 0.25) is 0 Å². The first-order chi connectivity index (χ1) is 11.1. The van der Waals surface area contributed by atoms with Crippen LogP contribution in [-0.2, 0) is 0 Å². The molecule has 0 radical (unpaired) electrons. The number of hydrogen-bond acceptors (Lipinski definition) is 4. The van der Waals surface area contributed by atoms with Gasteiger partial charge in [0.25, 0.3) is 5.91 Å². The summed E-state index contributed by atoms with van der Waals surface area (Å²) < 4.78 is 12.1. The molecule has 0 bridgehead atoms. The monoisotopic (exact) mass is 488 g/mol. The Morgan fingerprint density at radius 3 is 2.57 bits per heavy atom. The third-order valence-electron chi connectivity index (χ3n) is 2.99. The Bertz CT molecular complexity index is 750. The fourth-order valence-corrected chi connectivity index (χ4v) is 3.01. The van der Waals surface area contributed by atoms with Crippen molar-refractivity contribution in [3.8, 4) is 11.5 Å². The minimum absolute atomic E-state index is 0.266. The molecule has 1 amide bonds. The number of benzene rings is 2. The quantitative estimate of drug-likeness (QED) is 0.395. The van der Waals surface area contributed by atoms with Crippen molar-refractivity contribution in [1.82, 2.24) is 5.43 Å². The van der Waals surface area contributed by atoms with Gasteiger partial charge in [0.05, 0.1) is 30.5 Å². The number of ether oxygens (including phenoxy) is 2. The molecule has 2 rings (SSSR count). The lowest BCUT2D eigenvalue weighted by atomic mass is 10.2. The zero-order chi connectivity index (χ0) is 16.8. The van der Waals surface area contributed by atoms with E-state index in [2.05, 4.69) is 49.0 Å². The highest BCUT2D eigenvalue weighted by Gasteiger charge is 2.09. The van der Waals surface area contributed by atoms with Crippen LogP contribution in [0.3, 0.4) is 0 Å². The van der Waals surface area contributed by atoms with Gasteiger partial charge in [0.1, 0.15) is 11.5 Å². The molecule has 0 aliphatic rings. The second kappa shape index (κ2) is 8.30. The number of methoxy groups -OCH3 is 2. The molecule has 0 atom stereocenters. The number of carbonyl (C=O) groups excluding carboxylic acids is 1. The summed E-state index contributed by atoms with van der Waals surface area (Å²) in [6.45, 7) is 0. The average Bonchev–Trinajstić information content (AvgIpc) is 2.55. The van der Waals surface area contributed by atoms with Gasteiger partial charge in [0.15, 0.2) is 0 Å². The number of hydrogen-bond donors (Lipinski definition) is 1. The smallest absolute Gasteiger partial charge is 0.272 e. The highest BCUT2D eigenvalue weighted by molar-refractivity contribution is 14.1. The Kier molecular flexibility index (Phi) is 6.40. The first kappa shape index (κ1) is 17.7. The van der Waals surface area contributed by atoms with Gasteiger partial charge in [-0.1, -0.05) is 12.1 Å². The highest BCUT2D eigenvalue weighted by Crippen LogP contribution is 2.31. The van der Waals surface area contributed by atoms with Crippen molar-refractivity contribution in [2.45, 2.75) is 0 Å². The predicted molar refractivity (Wildman–Crippen MR) is 101 cm³/mol. The van der Waals surface area contributed by atoms with Crippen molar-refractivity contribution < 1.29 is 14.3 Å². The molecule has 2 aromatic carbocycles. The Labute approximate surface area is 156 Å². The summed E-state index contributed by atoms with van der Waals surface area (Å²) in [5.41, 5.74) is 3.80. The van der Waals surface area contributed by atoms with Crippen LogP contribution in [0.5, 0.6) is 11.5 Å². The summed E-state index contributed by atoms with van der Waals surface area (Å²) in [7, 11) is 3.14. The lowest BCUT2D eigenvalue weighted by molar-refractivity contribution is 0.0954. The first-order valence-electron chi connectivity index (χ1n) is 6.56. The molecule has 0 saturated heterocycles. The summed E-state index contributed by atoms with van der Waals surface area (Å²) >= 11 is 5.52. The standard InChI is InChI=1S/C16H14BrIN2O3/c1-22-14-8-15(23-2)12(17)7-10(14)9-19-20-16(21)11-5-3-4-6-13(11)18/h3-9H,1-2H3,(H,20,21)/b19-9-. The largest absolute Gasteiger partial charge is 0.496 e. The summed E-state index contributed by atoms with van der Waals surface area (Å²) in [6.07, 6.45) is 1.52. The molecule has 0 saturated carbocycles. The normalized spacial score (nSPS) is 10.6. The van der Waals surface area contributed by atoms with Crippen molar-refractivity contribution in [3.05, 3.63) is 55.6 Å². The Balaban J connectivity index is 2.16. The van der Waals surface area contributed by atoms with Crippen molar-refractivity contribution in [3.63, 3.8) is 0 Å². The second-order valence-corrected chi connectivity index (χ2v) is 6.42. The van der Waals surface area contributed by atoms with Gasteiger partial charge in [-0.2, -0.15) is 5.10 Å². The van der Waals surface area contributed by atoms with E-state index in [1.807, 2.05) is 18.2 Å². The maximum Gasteiger partial charge on any atom is 0.272 e.